The Morgan fingerprint density at radius 2 is 1.30 bits per heavy atom. The highest BCUT2D eigenvalue weighted by atomic mass is 15.0. The van der Waals surface area contributed by atoms with Crippen molar-refractivity contribution in [1.82, 2.24) is 19.1 Å². The Kier molecular flexibility index (Phi) is 5.29. The van der Waals surface area contributed by atoms with Crippen molar-refractivity contribution in [2.75, 3.05) is 0 Å². The van der Waals surface area contributed by atoms with Gasteiger partial charge < -0.3 is 9.13 Å². The third-order valence-electron chi connectivity index (χ3n) is 9.29. The molecule has 1 aliphatic carbocycles. The topological polar surface area (TPSA) is 35.6 Å². The molecule has 0 saturated carbocycles. The maximum atomic E-state index is 5.03. The quantitative estimate of drug-likeness (QED) is 0.214. The molecule has 8 aromatic rings. The number of hydrogen-bond acceptors (Lipinski definition) is 2. The number of nitrogens with zero attached hydrogens (tertiary/aromatic N) is 4. The highest BCUT2D eigenvalue weighted by molar-refractivity contribution is 6.10. The van der Waals surface area contributed by atoms with Gasteiger partial charge >= 0.3 is 0 Å². The lowest BCUT2D eigenvalue weighted by Crippen LogP contribution is -2.29. The van der Waals surface area contributed by atoms with Gasteiger partial charge in [-0.3, -0.25) is 4.98 Å². The van der Waals surface area contributed by atoms with E-state index in [-0.39, 0.29) is 0 Å². The van der Waals surface area contributed by atoms with E-state index < -0.39 is 5.41 Å². The molecule has 0 spiro atoms. The molecule has 1 aliphatic rings. The number of aromatic nitrogens is 4. The summed E-state index contributed by atoms with van der Waals surface area (Å²) in [5.74, 6) is 0.950. The summed E-state index contributed by atoms with van der Waals surface area (Å²) in [4.78, 5) is 9.68. The minimum Gasteiger partial charge on any atom is -0.334 e. The van der Waals surface area contributed by atoms with E-state index in [2.05, 4.69) is 142 Å². The number of aryl methyl sites for hydroxylation is 1. The van der Waals surface area contributed by atoms with Crippen LogP contribution >= 0.6 is 0 Å². The molecule has 3 aromatic heterocycles. The van der Waals surface area contributed by atoms with Gasteiger partial charge in [0.1, 0.15) is 5.82 Å². The van der Waals surface area contributed by atoms with Crippen LogP contribution in [-0.2, 0) is 12.5 Å². The normalized spacial score (nSPS) is 13.3. The Balaban J connectivity index is 1.36. The van der Waals surface area contributed by atoms with Crippen molar-refractivity contribution in [2.45, 2.75) is 5.41 Å². The molecule has 0 bridgehead atoms. The second-order valence-electron chi connectivity index (χ2n) is 11.6. The van der Waals surface area contributed by atoms with Crippen LogP contribution in [0.15, 0.2) is 152 Å². The first-order chi connectivity index (χ1) is 21.7. The van der Waals surface area contributed by atoms with Crippen molar-refractivity contribution in [3.63, 3.8) is 0 Å². The lowest BCUT2D eigenvalue weighted by molar-refractivity contribution is 0.734. The minimum atomic E-state index is -0.554. The van der Waals surface area contributed by atoms with Gasteiger partial charge in [-0.2, -0.15) is 0 Å². The zero-order valence-corrected chi connectivity index (χ0v) is 24.2. The molecule has 4 heteroatoms. The Morgan fingerprint density at radius 3 is 2.05 bits per heavy atom. The molecular weight excluding hydrogens is 536 g/mol. The van der Waals surface area contributed by atoms with Crippen molar-refractivity contribution >= 4 is 21.8 Å². The largest absolute Gasteiger partial charge is 0.334 e. The van der Waals surface area contributed by atoms with Crippen molar-refractivity contribution < 1.29 is 0 Å². The predicted molar refractivity (Wildman–Crippen MR) is 178 cm³/mol. The zero-order chi connectivity index (χ0) is 29.3. The molecule has 0 amide bonds. The summed E-state index contributed by atoms with van der Waals surface area (Å²) < 4.78 is 4.47. The molecule has 0 radical (unpaired) electrons. The van der Waals surface area contributed by atoms with E-state index in [9.17, 15) is 0 Å². The third kappa shape index (κ3) is 3.34. The first-order valence-corrected chi connectivity index (χ1v) is 15.0. The number of benzene rings is 5. The molecule has 0 unspecified atom stereocenters. The minimum absolute atomic E-state index is 0.554. The SMILES string of the molecule is Cn1ccnc1-c1ccc2c3ccccc3n(-c3cccc(C4(c5ccccn5)c5ccccc5-c5ccccc54)c3)c2c1. The summed E-state index contributed by atoms with van der Waals surface area (Å²) in [7, 11) is 2.04. The van der Waals surface area contributed by atoms with E-state index in [0.29, 0.717) is 0 Å². The molecule has 5 aromatic carbocycles. The Bertz CT molecular complexity index is 2310. The summed E-state index contributed by atoms with van der Waals surface area (Å²) in [6.45, 7) is 0. The maximum Gasteiger partial charge on any atom is 0.139 e. The highest BCUT2D eigenvalue weighted by Gasteiger charge is 2.47. The van der Waals surface area contributed by atoms with E-state index >= 15 is 0 Å². The molecule has 0 fully saturated rings. The van der Waals surface area contributed by atoms with E-state index in [4.69, 9.17) is 4.98 Å². The van der Waals surface area contributed by atoms with E-state index in [1.165, 1.54) is 44.1 Å². The summed E-state index contributed by atoms with van der Waals surface area (Å²) in [6.07, 6.45) is 5.76. The Morgan fingerprint density at radius 1 is 0.568 bits per heavy atom. The van der Waals surface area contributed by atoms with Gasteiger partial charge in [-0.05, 0) is 64.2 Å². The van der Waals surface area contributed by atoms with Gasteiger partial charge in [0, 0.05) is 47.7 Å². The van der Waals surface area contributed by atoms with Gasteiger partial charge in [-0.1, -0.05) is 97.1 Å². The van der Waals surface area contributed by atoms with Crippen LogP contribution in [0.4, 0.5) is 0 Å². The van der Waals surface area contributed by atoms with Crippen LogP contribution in [0, 0.1) is 0 Å². The number of fused-ring (bicyclic) bond motifs is 6. The molecule has 9 rings (SSSR count). The average Bonchev–Trinajstić information content (AvgIpc) is 3.75. The molecule has 0 aliphatic heterocycles. The van der Waals surface area contributed by atoms with Crippen molar-refractivity contribution in [3.8, 4) is 28.2 Å². The molecule has 44 heavy (non-hydrogen) atoms. The molecule has 3 heterocycles. The van der Waals surface area contributed by atoms with Crippen LogP contribution in [0.2, 0.25) is 0 Å². The first-order valence-electron chi connectivity index (χ1n) is 15.0. The lowest BCUT2D eigenvalue weighted by atomic mass is 9.69. The summed E-state index contributed by atoms with van der Waals surface area (Å²) in [5, 5.41) is 2.45. The van der Waals surface area contributed by atoms with E-state index in [1.54, 1.807) is 0 Å². The van der Waals surface area contributed by atoms with E-state index in [1.807, 2.05) is 31.7 Å². The summed E-state index contributed by atoms with van der Waals surface area (Å²) in [5.41, 5.74) is 11.2. The second-order valence-corrected chi connectivity index (χ2v) is 11.6. The number of pyridine rings is 1. The van der Waals surface area contributed by atoms with Gasteiger partial charge in [0.05, 0.1) is 22.1 Å². The fraction of sp³-hybridized carbons (Fsp3) is 0.0500. The Labute approximate surface area is 255 Å². The fourth-order valence-corrected chi connectivity index (χ4v) is 7.46. The molecule has 0 atom stereocenters. The number of imidazole rings is 1. The van der Waals surface area contributed by atoms with Crippen LogP contribution in [0.5, 0.6) is 0 Å². The lowest BCUT2D eigenvalue weighted by Gasteiger charge is -2.33. The van der Waals surface area contributed by atoms with Crippen LogP contribution in [0.25, 0.3) is 50.0 Å². The van der Waals surface area contributed by atoms with Crippen LogP contribution in [-0.4, -0.2) is 19.1 Å². The number of rotatable bonds is 4. The second kappa shape index (κ2) is 9.38. The molecule has 4 nitrogen and oxygen atoms in total. The summed E-state index contributed by atoms with van der Waals surface area (Å²) in [6, 6.07) is 48.3. The summed E-state index contributed by atoms with van der Waals surface area (Å²) >= 11 is 0. The number of hydrogen-bond donors (Lipinski definition) is 0. The first kappa shape index (κ1) is 24.8. The van der Waals surface area contributed by atoms with Crippen LogP contribution in [0.1, 0.15) is 22.4 Å². The van der Waals surface area contributed by atoms with Crippen molar-refractivity contribution in [2.24, 2.45) is 7.05 Å². The Hall–Kier alpha value is -5.74. The average molecular weight is 565 g/mol. The van der Waals surface area contributed by atoms with Crippen molar-refractivity contribution in [3.05, 3.63) is 174 Å². The van der Waals surface area contributed by atoms with Crippen LogP contribution < -0.4 is 0 Å². The van der Waals surface area contributed by atoms with Crippen LogP contribution in [0.3, 0.4) is 0 Å². The van der Waals surface area contributed by atoms with Gasteiger partial charge in [0.15, 0.2) is 0 Å². The molecular formula is C40H28N4. The standard InChI is InChI=1S/C40H28N4/c1-43-24-23-42-39(43)27-20-21-33-32-15-4-7-18-36(32)44(37(33)25-27)29-12-10-11-28(26-29)40(38-19-8-9-22-41-38)34-16-5-2-13-30(34)31-14-3-6-17-35(31)40/h2-26H,1H3. The van der Waals surface area contributed by atoms with E-state index in [0.717, 1.165) is 28.3 Å². The monoisotopic (exact) mass is 564 g/mol. The van der Waals surface area contributed by atoms with Gasteiger partial charge in [-0.15, -0.1) is 0 Å². The highest BCUT2D eigenvalue weighted by Crippen LogP contribution is 2.55. The zero-order valence-electron chi connectivity index (χ0n) is 24.2. The fourth-order valence-electron chi connectivity index (χ4n) is 7.46. The molecule has 0 saturated heterocycles. The maximum absolute atomic E-state index is 5.03. The van der Waals surface area contributed by atoms with Gasteiger partial charge in [-0.25, -0.2) is 4.98 Å². The number of para-hydroxylation sites is 1. The van der Waals surface area contributed by atoms with Gasteiger partial charge in [0.25, 0.3) is 0 Å². The predicted octanol–water partition coefficient (Wildman–Crippen LogP) is 8.94. The third-order valence-corrected chi connectivity index (χ3v) is 9.29. The van der Waals surface area contributed by atoms with Gasteiger partial charge in [0.2, 0.25) is 0 Å². The van der Waals surface area contributed by atoms with Crippen molar-refractivity contribution in [1.29, 1.82) is 0 Å². The molecule has 0 N–H and O–H groups in total. The molecule has 208 valence electrons. The smallest absolute Gasteiger partial charge is 0.139 e.